The van der Waals surface area contributed by atoms with E-state index in [2.05, 4.69) is 19.1 Å². The summed E-state index contributed by atoms with van der Waals surface area (Å²) in [5, 5.41) is 0.324. The molecule has 1 heterocycles. The fourth-order valence-electron chi connectivity index (χ4n) is 3.55. The molecule has 28 heavy (non-hydrogen) atoms. The van der Waals surface area contributed by atoms with E-state index in [4.69, 9.17) is 11.6 Å². The standard InChI is InChI=1S/C22H24ClFN2O2/c1-2-16(17-6-4-3-5-7-17)14-21(27)25-10-12-26(13-11-25)22(28)19-15-18(23)8-9-20(19)24/h3-9,15-16H,2,10-14H2,1H3. The van der Waals surface area contributed by atoms with Crippen LogP contribution < -0.4 is 0 Å². The molecule has 1 atom stereocenters. The molecule has 2 aromatic carbocycles. The average molecular weight is 403 g/mol. The topological polar surface area (TPSA) is 40.6 Å². The van der Waals surface area contributed by atoms with Crippen LogP contribution in [0.5, 0.6) is 0 Å². The summed E-state index contributed by atoms with van der Waals surface area (Å²) in [5.41, 5.74) is 1.14. The molecule has 4 nitrogen and oxygen atoms in total. The number of benzene rings is 2. The highest BCUT2D eigenvalue weighted by Gasteiger charge is 2.27. The van der Waals surface area contributed by atoms with E-state index >= 15 is 0 Å². The van der Waals surface area contributed by atoms with Crippen LogP contribution in [0, 0.1) is 5.82 Å². The number of hydrogen-bond donors (Lipinski definition) is 0. The SMILES string of the molecule is CCC(CC(=O)N1CCN(C(=O)c2cc(Cl)ccc2F)CC1)c1ccccc1. The summed E-state index contributed by atoms with van der Waals surface area (Å²) in [7, 11) is 0. The van der Waals surface area contributed by atoms with Gasteiger partial charge in [-0.3, -0.25) is 9.59 Å². The molecule has 1 aliphatic heterocycles. The highest BCUT2D eigenvalue weighted by Crippen LogP contribution is 2.24. The van der Waals surface area contributed by atoms with Crippen LogP contribution in [-0.2, 0) is 4.79 Å². The molecule has 0 bridgehead atoms. The molecule has 2 amide bonds. The molecule has 148 valence electrons. The molecule has 2 aromatic rings. The van der Waals surface area contributed by atoms with Gasteiger partial charge in [0.15, 0.2) is 0 Å². The van der Waals surface area contributed by atoms with Crippen molar-refractivity contribution in [1.82, 2.24) is 9.80 Å². The maximum atomic E-state index is 14.0. The van der Waals surface area contributed by atoms with Gasteiger partial charge in [-0.15, -0.1) is 0 Å². The number of amides is 2. The van der Waals surface area contributed by atoms with Gasteiger partial charge in [0, 0.05) is 37.6 Å². The monoisotopic (exact) mass is 402 g/mol. The van der Waals surface area contributed by atoms with Crippen molar-refractivity contribution in [2.45, 2.75) is 25.7 Å². The Kier molecular flexibility index (Phi) is 6.68. The lowest BCUT2D eigenvalue weighted by atomic mass is 9.92. The number of rotatable bonds is 5. The van der Waals surface area contributed by atoms with Crippen molar-refractivity contribution in [2.75, 3.05) is 26.2 Å². The van der Waals surface area contributed by atoms with E-state index in [-0.39, 0.29) is 23.3 Å². The second-order valence-electron chi connectivity index (χ2n) is 7.02. The number of nitrogens with zero attached hydrogens (tertiary/aromatic N) is 2. The molecular formula is C22H24ClFN2O2. The molecule has 0 aromatic heterocycles. The third-order valence-corrected chi connectivity index (χ3v) is 5.50. The summed E-state index contributed by atoms with van der Waals surface area (Å²) >= 11 is 5.89. The van der Waals surface area contributed by atoms with E-state index in [1.54, 1.807) is 9.80 Å². The highest BCUT2D eigenvalue weighted by molar-refractivity contribution is 6.31. The van der Waals surface area contributed by atoms with Crippen molar-refractivity contribution in [3.8, 4) is 0 Å². The first kappa shape index (κ1) is 20.3. The molecule has 0 spiro atoms. The van der Waals surface area contributed by atoms with Gasteiger partial charge in [0.05, 0.1) is 5.56 Å². The Morgan fingerprint density at radius 2 is 1.68 bits per heavy atom. The van der Waals surface area contributed by atoms with Crippen LogP contribution in [0.25, 0.3) is 0 Å². The van der Waals surface area contributed by atoms with Crippen LogP contribution in [0.1, 0.15) is 41.6 Å². The van der Waals surface area contributed by atoms with Gasteiger partial charge < -0.3 is 9.80 Å². The second kappa shape index (κ2) is 9.20. The number of carbonyl (C=O) groups is 2. The van der Waals surface area contributed by atoms with Crippen molar-refractivity contribution in [3.63, 3.8) is 0 Å². The number of halogens is 2. The lowest BCUT2D eigenvalue weighted by Crippen LogP contribution is -2.50. The predicted octanol–water partition coefficient (Wildman–Crippen LogP) is 4.35. The molecule has 0 radical (unpaired) electrons. The normalized spacial score (nSPS) is 15.4. The smallest absolute Gasteiger partial charge is 0.257 e. The fourth-order valence-corrected chi connectivity index (χ4v) is 3.73. The van der Waals surface area contributed by atoms with Crippen molar-refractivity contribution in [3.05, 3.63) is 70.5 Å². The minimum absolute atomic E-state index is 0.0256. The third kappa shape index (κ3) is 4.71. The lowest BCUT2D eigenvalue weighted by Gasteiger charge is -2.35. The van der Waals surface area contributed by atoms with Crippen molar-refractivity contribution < 1.29 is 14.0 Å². The molecule has 0 aliphatic carbocycles. The molecule has 0 N–H and O–H groups in total. The number of piperazine rings is 1. The fraction of sp³-hybridized carbons (Fsp3) is 0.364. The summed E-state index contributed by atoms with van der Waals surface area (Å²) in [6.45, 7) is 3.77. The van der Waals surface area contributed by atoms with Gasteiger partial charge in [0.25, 0.3) is 5.91 Å². The van der Waals surface area contributed by atoms with E-state index in [1.807, 2.05) is 18.2 Å². The van der Waals surface area contributed by atoms with E-state index in [0.717, 1.165) is 6.42 Å². The maximum Gasteiger partial charge on any atom is 0.257 e. The van der Waals surface area contributed by atoms with Crippen LogP contribution in [0.3, 0.4) is 0 Å². The van der Waals surface area contributed by atoms with E-state index in [0.29, 0.717) is 37.6 Å². The zero-order valence-corrected chi connectivity index (χ0v) is 16.7. The molecule has 1 unspecified atom stereocenters. The summed E-state index contributed by atoms with van der Waals surface area (Å²) in [6, 6.07) is 14.0. The molecule has 3 rings (SSSR count). The Hall–Kier alpha value is -2.40. The van der Waals surface area contributed by atoms with Crippen LogP contribution in [0.4, 0.5) is 4.39 Å². The van der Waals surface area contributed by atoms with Gasteiger partial charge >= 0.3 is 0 Å². The maximum absolute atomic E-state index is 14.0. The van der Waals surface area contributed by atoms with Crippen LogP contribution >= 0.6 is 11.6 Å². The van der Waals surface area contributed by atoms with Gasteiger partial charge in [-0.25, -0.2) is 4.39 Å². The van der Waals surface area contributed by atoms with Crippen LogP contribution in [0.2, 0.25) is 5.02 Å². The zero-order valence-electron chi connectivity index (χ0n) is 15.9. The summed E-state index contributed by atoms with van der Waals surface area (Å²) in [4.78, 5) is 28.7. The zero-order chi connectivity index (χ0) is 20.1. The second-order valence-corrected chi connectivity index (χ2v) is 7.45. The molecule has 6 heteroatoms. The summed E-state index contributed by atoms with van der Waals surface area (Å²) in [5.74, 6) is -0.685. The molecular weight excluding hydrogens is 379 g/mol. The Bertz CT molecular complexity index is 836. The Balaban J connectivity index is 1.58. The van der Waals surface area contributed by atoms with E-state index < -0.39 is 5.82 Å². The Morgan fingerprint density at radius 1 is 1.04 bits per heavy atom. The molecule has 1 fully saturated rings. The first-order chi connectivity index (χ1) is 13.5. The lowest BCUT2D eigenvalue weighted by molar-refractivity contribution is -0.133. The van der Waals surface area contributed by atoms with Gasteiger partial charge in [-0.1, -0.05) is 48.9 Å². The van der Waals surface area contributed by atoms with Gasteiger partial charge in [-0.05, 0) is 36.1 Å². The van der Waals surface area contributed by atoms with Crippen molar-refractivity contribution >= 4 is 23.4 Å². The summed E-state index contributed by atoms with van der Waals surface area (Å²) < 4.78 is 14.0. The van der Waals surface area contributed by atoms with E-state index in [9.17, 15) is 14.0 Å². The third-order valence-electron chi connectivity index (χ3n) is 5.26. The Morgan fingerprint density at radius 3 is 2.32 bits per heavy atom. The minimum Gasteiger partial charge on any atom is -0.339 e. The van der Waals surface area contributed by atoms with Crippen molar-refractivity contribution in [2.24, 2.45) is 0 Å². The van der Waals surface area contributed by atoms with E-state index in [1.165, 1.54) is 23.8 Å². The quantitative estimate of drug-likeness (QED) is 0.746. The van der Waals surface area contributed by atoms with Gasteiger partial charge in [-0.2, -0.15) is 0 Å². The summed E-state index contributed by atoms with van der Waals surface area (Å²) in [6.07, 6.45) is 1.35. The van der Waals surface area contributed by atoms with Crippen LogP contribution in [-0.4, -0.2) is 47.8 Å². The molecule has 0 saturated carbocycles. The minimum atomic E-state index is -0.582. The molecule has 1 aliphatic rings. The van der Waals surface area contributed by atoms with Crippen LogP contribution in [0.15, 0.2) is 48.5 Å². The van der Waals surface area contributed by atoms with Crippen molar-refractivity contribution in [1.29, 1.82) is 0 Å². The number of carbonyl (C=O) groups excluding carboxylic acids is 2. The average Bonchev–Trinajstić information content (AvgIpc) is 2.73. The van der Waals surface area contributed by atoms with Gasteiger partial charge in [0.1, 0.15) is 5.82 Å². The highest BCUT2D eigenvalue weighted by atomic mass is 35.5. The first-order valence-corrected chi connectivity index (χ1v) is 9.94. The largest absolute Gasteiger partial charge is 0.339 e. The predicted molar refractivity (Wildman–Crippen MR) is 108 cm³/mol. The first-order valence-electron chi connectivity index (χ1n) is 9.56. The Labute approximate surface area is 169 Å². The van der Waals surface area contributed by atoms with Gasteiger partial charge in [0.2, 0.25) is 5.91 Å². The number of hydrogen-bond acceptors (Lipinski definition) is 2. The molecule has 1 saturated heterocycles.